The van der Waals surface area contributed by atoms with E-state index in [-0.39, 0.29) is 17.8 Å². The van der Waals surface area contributed by atoms with Crippen molar-refractivity contribution in [3.63, 3.8) is 0 Å². The smallest absolute Gasteiger partial charge is 0.317 e. The van der Waals surface area contributed by atoms with Gasteiger partial charge in [-0.3, -0.25) is 0 Å². The summed E-state index contributed by atoms with van der Waals surface area (Å²) in [5.74, 6) is 0.617. The van der Waals surface area contributed by atoms with Crippen LogP contribution in [0.4, 0.5) is 9.18 Å². The van der Waals surface area contributed by atoms with Crippen LogP contribution in [0.25, 0.3) is 0 Å². The number of amides is 2. The Balaban J connectivity index is 1.55. The molecule has 1 aliphatic rings. The molecule has 1 fully saturated rings. The van der Waals surface area contributed by atoms with E-state index in [0.717, 1.165) is 19.3 Å². The van der Waals surface area contributed by atoms with Crippen molar-refractivity contribution in [2.24, 2.45) is 5.92 Å². The lowest BCUT2D eigenvalue weighted by Gasteiger charge is -2.34. The number of nitrogens with one attached hydrogen (secondary N) is 1. The molecular weight excluding hydrogens is 299 g/mol. The third-order valence-corrected chi connectivity index (χ3v) is 4.14. The van der Waals surface area contributed by atoms with Crippen LogP contribution in [0.3, 0.4) is 0 Å². The highest BCUT2D eigenvalue weighted by atomic mass is 19.1. The number of unbranched alkanes of at least 4 members (excludes halogenated alkanes) is 1. The molecule has 0 aromatic heterocycles. The molecule has 23 heavy (non-hydrogen) atoms. The molecule has 0 saturated carbocycles. The van der Waals surface area contributed by atoms with Gasteiger partial charge in [-0.15, -0.1) is 0 Å². The molecule has 5 nitrogen and oxygen atoms in total. The molecular formula is C17H25FN2O3. The van der Waals surface area contributed by atoms with Crippen molar-refractivity contribution < 1.29 is 19.0 Å². The summed E-state index contributed by atoms with van der Waals surface area (Å²) in [5, 5.41) is 12.7. The number of aliphatic hydroxyl groups excluding tert-OH is 1. The lowest BCUT2D eigenvalue weighted by molar-refractivity contribution is 0.0436. The van der Waals surface area contributed by atoms with Crippen LogP contribution in [0.5, 0.6) is 5.75 Å². The first-order valence-electron chi connectivity index (χ1n) is 8.15. The minimum Gasteiger partial charge on any atom is -0.494 e. The van der Waals surface area contributed by atoms with Crippen LogP contribution in [0, 0.1) is 11.7 Å². The maximum absolute atomic E-state index is 12.7. The number of piperidine rings is 1. The van der Waals surface area contributed by atoms with Gasteiger partial charge in [-0.05, 0) is 49.4 Å². The van der Waals surface area contributed by atoms with Crippen LogP contribution in [0.1, 0.15) is 26.2 Å². The van der Waals surface area contributed by atoms with Crippen LogP contribution in [-0.4, -0.2) is 48.4 Å². The first-order chi connectivity index (χ1) is 11.1. The van der Waals surface area contributed by atoms with E-state index < -0.39 is 6.10 Å². The maximum atomic E-state index is 12.7. The molecule has 2 amide bonds. The number of nitrogens with zero attached hydrogens (tertiary/aromatic N) is 1. The van der Waals surface area contributed by atoms with E-state index in [1.54, 1.807) is 17.0 Å². The molecule has 2 unspecified atom stereocenters. The zero-order chi connectivity index (χ0) is 16.7. The largest absolute Gasteiger partial charge is 0.494 e. The van der Waals surface area contributed by atoms with Crippen molar-refractivity contribution in [2.45, 2.75) is 32.3 Å². The summed E-state index contributed by atoms with van der Waals surface area (Å²) in [6.07, 6.45) is 2.01. The first kappa shape index (κ1) is 17.5. The molecule has 128 valence electrons. The summed E-state index contributed by atoms with van der Waals surface area (Å²) in [7, 11) is 0. The molecule has 2 N–H and O–H groups in total. The van der Waals surface area contributed by atoms with E-state index in [1.165, 1.54) is 12.1 Å². The second-order valence-corrected chi connectivity index (χ2v) is 6.02. The lowest BCUT2D eigenvalue weighted by Crippen LogP contribution is -2.49. The molecule has 6 heteroatoms. The van der Waals surface area contributed by atoms with Gasteiger partial charge < -0.3 is 20.1 Å². The summed E-state index contributed by atoms with van der Waals surface area (Å²) in [5.41, 5.74) is 0. The summed E-state index contributed by atoms with van der Waals surface area (Å²) in [4.78, 5) is 13.6. The number of aliphatic hydroxyl groups is 1. The SMILES string of the molecule is CC1CCN(C(=O)NCCCCOc2ccc(F)cc2)CC1O. The Morgan fingerprint density at radius 2 is 2.13 bits per heavy atom. The van der Waals surface area contributed by atoms with E-state index >= 15 is 0 Å². The Labute approximate surface area is 136 Å². The summed E-state index contributed by atoms with van der Waals surface area (Å²) >= 11 is 0. The first-order valence-corrected chi connectivity index (χ1v) is 8.15. The van der Waals surface area contributed by atoms with Gasteiger partial charge in [-0.2, -0.15) is 0 Å². The van der Waals surface area contributed by atoms with E-state index in [2.05, 4.69) is 5.32 Å². The van der Waals surface area contributed by atoms with Crippen molar-refractivity contribution in [2.75, 3.05) is 26.2 Å². The monoisotopic (exact) mass is 324 g/mol. The number of hydrogen-bond donors (Lipinski definition) is 2. The molecule has 1 saturated heterocycles. The van der Waals surface area contributed by atoms with Crippen molar-refractivity contribution in [1.82, 2.24) is 10.2 Å². The number of carbonyl (C=O) groups is 1. The van der Waals surface area contributed by atoms with Crippen LogP contribution in [0.2, 0.25) is 0 Å². The predicted octanol–water partition coefficient (Wildman–Crippen LogP) is 2.40. The minimum absolute atomic E-state index is 0.115. The number of β-amino-alcohol motifs (C(OH)–C–C–N with tert-alkyl or cyclic N) is 1. The molecule has 0 radical (unpaired) electrons. The molecule has 2 rings (SSSR count). The standard InChI is InChI=1S/C17H25FN2O3/c1-13-8-10-20(12-16(13)21)17(22)19-9-2-3-11-23-15-6-4-14(18)5-7-15/h4-7,13,16,21H,2-3,8-12H2,1H3,(H,19,22). The number of ether oxygens (including phenoxy) is 1. The fourth-order valence-corrected chi connectivity index (χ4v) is 2.49. The zero-order valence-electron chi connectivity index (χ0n) is 13.5. The maximum Gasteiger partial charge on any atom is 0.317 e. The van der Waals surface area contributed by atoms with Crippen molar-refractivity contribution >= 4 is 6.03 Å². The Bertz CT molecular complexity index is 495. The second-order valence-electron chi connectivity index (χ2n) is 6.02. The highest BCUT2D eigenvalue weighted by Gasteiger charge is 2.26. The van der Waals surface area contributed by atoms with Gasteiger partial charge in [0.15, 0.2) is 0 Å². The van der Waals surface area contributed by atoms with Crippen molar-refractivity contribution in [3.05, 3.63) is 30.1 Å². The van der Waals surface area contributed by atoms with E-state index in [0.29, 0.717) is 32.0 Å². The highest BCUT2D eigenvalue weighted by Crippen LogP contribution is 2.16. The fourth-order valence-electron chi connectivity index (χ4n) is 2.49. The van der Waals surface area contributed by atoms with Gasteiger partial charge in [0.2, 0.25) is 0 Å². The Kier molecular flexibility index (Phi) is 6.65. The number of likely N-dealkylation sites (tertiary alicyclic amines) is 1. The third-order valence-electron chi connectivity index (χ3n) is 4.14. The Hall–Kier alpha value is -1.82. The normalized spacial score (nSPS) is 21.1. The Morgan fingerprint density at radius 1 is 1.39 bits per heavy atom. The zero-order valence-corrected chi connectivity index (χ0v) is 13.5. The van der Waals surface area contributed by atoms with E-state index in [4.69, 9.17) is 4.74 Å². The van der Waals surface area contributed by atoms with Crippen LogP contribution < -0.4 is 10.1 Å². The molecule has 0 aliphatic carbocycles. The minimum atomic E-state index is -0.432. The highest BCUT2D eigenvalue weighted by molar-refractivity contribution is 5.74. The van der Waals surface area contributed by atoms with Gasteiger partial charge in [0.05, 0.1) is 12.7 Å². The summed E-state index contributed by atoms with van der Waals surface area (Å²) < 4.78 is 18.2. The van der Waals surface area contributed by atoms with Crippen LogP contribution in [-0.2, 0) is 0 Å². The summed E-state index contributed by atoms with van der Waals surface area (Å²) in [6.45, 7) is 4.20. The molecule has 0 bridgehead atoms. The van der Waals surface area contributed by atoms with Crippen LogP contribution >= 0.6 is 0 Å². The molecule has 1 aromatic carbocycles. The number of urea groups is 1. The van der Waals surface area contributed by atoms with Gasteiger partial charge in [-0.1, -0.05) is 6.92 Å². The number of carbonyl (C=O) groups excluding carboxylic acids is 1. The number of halogens is 1. The number of rotatable bonds is 6. The quantitative estimate of drug-likeness (QED) is 0.790. The molecule has 1 aliphatic heterocycles. The fraction of sp³-hybridized carbons (Fsp3) is 0.588. The molecule has 1 heterocycles. The number of benzene rings is 1. The molecule has 0 spiro atoms. The van der Waals surface area contributed by atoms with E-state index in [1.807, 2.05) is 6.92 Å². The second kappa shape index (κ2) is 8.72. The average molecular weight is 324 g/mol. The summed E-state index contributed by atoms with van der Waals surface area (Å²) in [6, 6.07) is 5.81. The number of hydrogen-bond acceptors (Lipinski definition) is 3. The van der Waals surface area contributed by atoms with Gasteiger partial charge >= 0.3 is 6.03 Å². The van der Waals surface area contributed by atoms with Gasteiger partial charge in [0.1, 0.15) is 11.6 Å². The lowest BCUT2D eigenvalue weighted by atomic mass is 9.96. The topological polar surface area (TPSA) is 61.8 Å². The van der Waals surface area contributed by atoms with Gasteiger partial charge in [0.25, 0.3) is 0 Å². The Morgan fingerprint density at radius 3 is 2.83 bits per heavy atom. The van der Waals surface area contributed by atoms with Crippen LogP contribution in [0.15, 0.2) is 24.3 Å². The van der Waals surface area contributed by atoms with Crippen molar-refractivity contribution in [3.8, 4) is 5.75 Å². The van der Waals surface area contributed by atoms with E-state index in [9.17, 15) is 14.3 Å². The van der Waals surface area contributed by atoms with Crippen molar-refractivity contribution in [1.29, 1.82) is 0 Å². The molecule has 1 aromatic rings. The molecule has 2 atom stereocenters. The van der Waals surface area contributed by atoms with Gasteiger partial charge in [0, 0.05) is 19.6 Å². The predicted molar refractivity (Wildman–Crippen MR) is 85.9 cm³/mol. The third kappa shape index (κ3) is 5.71. The average Bonchev–Trinajstić information content (AvgIpc) is 2.54. The van der Waals surface area contributed by atoms with Gasteiger partial charge in [-0.25, -0.2) is 9.18 Å².